The van der Waals surface area contributed by atoms with Crippen LogP contribution in [0.2, 0.25) is 0 Å². The van der Waals surface area contributed by atoms with Crippen molar-refractivity contribution in [1.29, 1.82) is 0 Å². The van der Waals surface area contributed by atoms with Gasteiger partial charge in [-0.05, 0) is 48.0 Å². The summed E-state index contributed by atoms with van der Waals surface area (Å²) in [5.74, 6) is 0.645. The van der Waals surface area contributed by atoms with Crippen molar-refractivity contribution in [3.8, 4) is 11.5 Å². The van der Waals surface area contributed by atoms with E-state index in [1.54, 1.807) is 36.7 Å². The van der Waals surface area contributed by atoms with Gasteiger partial charge in [-0.2, -0.15) is 0 Å². The van der Waals surface area contributed by atoms with E-state index in [-0.39, 0.29) is 10.8 Å². The van der Waals surface area contributed by atoms with Crippen molar-refractivity contribution in [2.45, 2.75) is 11.4 Å². The average molecular weight is 425 g/mol. The Bertz CT molecular complexity index is 1150. The summed E-state index contributed by atoms with van der Waals surface area (Å²) in [4.78, 5) is 16.3. The summed E-state index contributed by atoms with van der Waals surface area (Å²) in [7, 11) is -3.82. The lowest BCUT2D eigenvalue weighted by atomic mass is 10.2. The van der Waals surface area contributed by atoms with Gasteiger partial charge in [-0.25, -0.2) is 8.42 Å². The summed E-state index contributed by atoms with van der Waals surface area (Å²) in [6.07, 6.45) is 3.34. The van der Waals surface area contributed by atoms with E-state index in [2.05, 4.69) is 15.0 Å². The average Bonchev–Trinajstić information content (AvgIpc) is 2.78. The summed E-state index contributed by atoms with van der Waals surface area (Å²) in [6, 6.07) is 14.3. The first-order valence-electron chi connectivity index (χ1n) is 9.21. The van der Waals surface area contributed by atoms with Crippen LogP contribution in [-0.4, -0.2) is 32.5 Å². The summed E-state index contributed by atoms with van der Waals surface area (Å²) < 4.78 is 38.7. The van der Waals surface area contributed by atoms with Crippen LogP contribution in [0.3, 0.4) is 0 Å². The maximum Gasteiger partial charge on any atom is 0.262 e. The standard InChI is InChI=1S/C21H19N3O5S/c25-21(23-14-15-2-1-9-22-13-15)16-3-5-17(6-4-16)24-30(26,27)18-7-8-19-20(12-18)29-11-10-28-19/h1-9,12-13,24H,10-11,14H2,(H,23,25). The van der Waals surface area contributed by atoms with Crippen LogP contribution in [0.1, 0.15) is 15.9 Å². The van der Waals surface area contributed by atoms with E-state index in [4.69, 9.17) is 9.47 Å². The topological polar surface area (TPSA) is 107 Å². The molecular formula is C21H19N3O5S. The van der Waals surface area contributed by atoms with E-state index in [0.717, 1.165) is 5.56 Å². The molecule has 2 N–H and O–H groups in total. The number of pyridine rings is 1. The van der Waals surface area contributed by atoms with E-state index in [0.29, 0.717) is 42.5 Å². The quantitative estimate of drug-likeness (QED) is 0.629. The molecule has 8 nitrogen and oxygen atoms in total. The number of benzene rings is 2. The molecule has 0 radical (unpaired) electrons. The molecule has 1 aliphatic rings. The predicted octanol–water partition coefficient (Wildman–Crippen LogP) is 2.58. The summed E-state index contributed by atoms with van der Waals surface area (Å²) in [5, 5.41) is 2.79. The van der Waals surface area contributed by atoms with Crippen LogP contribution < -0.4 is 19.5 Å². The monoisotopic (exact) mass is 425 g/mol. The maximum absolute atomic E-state index is 12.7. The highest BCUT2D eigenvalue weighted by Gasteiger charge is 2.19. The van der Waals surface area contributed by atoms with E-state index >= 15 is 0 Å². The van der Waals surface area contributed by atoms with Gasteiger partial charge in [-0.1, -0.05) is 6.07 Å². The minimum atomic E-state index is -3.82. The van der Waals surface area contributed by atoms with E-state index in [9.17, 15) is 13.2 Å². The van der Waals surface area contributed by atoms with Crippen LogP contribution in [0.25, 0.3) is 0 Å². The minimum absolute atomic E-state index is 0.0602. The Balaban J connectivity index is 1.42. The molecule has 1 aromatic heterocycles. The number of fused-ring (bicyclic) bond motifs is 1. The first-order valence-corrected chi connectivity index (χ1v) is 10.7. The molecule has 1 amide bonds. The van der Waals surface area contributed by atoms with Crippen LogP contribution in [0.5, 0.6) is 11.5 Å². The first-order chi connectivity index (χ1) is 14.5. The van der Waals surface area contributed by atoms with Gasteiger partial charge in [0.1, 0.15) is 13.2 Å². The van der Waals surface area contributed by atoms with Crippen LogP contribution in [0.4, 0.5) is 5.69 Å². The fourth-order valence-corrected chi connectivity index (χ4v) is 3.96. The number of anilines is 1. The molecule has 0 unspecified atom stereocenters. The molecule has 30 heavy (non-hydrogen) atoms. The number of ether oxygens (including phenoxy) is 2. The number of carbonyl (C=O) groups excluding carboxylic acids is 1. The Morgan fingerprint density at radius 1 is 1.00 bits per heavy atom. The van der Waals surface area contributed by atoms with Gasteiger partial charge >= 0.3 is 0 Å². The van der Waals surface area contributed by atoms with Gasteiger partial charge in [0, 0.05) is 36.3 Å². The molecule has 9 heteroatoms. The molecule has 2 aromatic carbocycles. The van der Waals surface area contributed by atoms with Crippen molar-refractivity contribution >= 4 is 21.6 Å². The number of rotatable bonds is 6. The SMILES string of the molecule is O=C(NCc1cccnc1)c1ccc(NS(=O)(=O)c2ccc3c(c2)OCCO3)cc1. The molecule has 2 heterocycles. The number of nitrogens with zero attached hydrogens (tertiary/aromatic N) is 1. The largest absolute Gasteiger partial charge is 0.486 e. The molecule has 4 rings (SSSR count). The molecule has 0 spiro atoms. The van der Waals surface area contributed by atoms with E-state index < -0.39 is 10.0 Å². The van der Waals surface area contributed by atoms with Gasteiger partial charge in [0.2, 0.25) is 0 Å². The normalized spacial score (nSPS) is 12.8. The molecule has 1 aliphatic heterocycles. The molecule has 0 fully saturated rings. The zero-order chi connectivity index (χ0) is 21.0. The Kier molecular flexibility index (Phi) is 5.53. The Labute approximate surface area is 173 Å². The molecule has 0 bridgehead atoms. The maximum atomic E-state index is 12.7. The highest BCUT2D eigenvalue weighted by atomic mass is 32.2. The zero-order valence-corrected chi connectivity index (χ0v) is 16.7. The molecule has 0 saturated heterocycles. The third kappa shape index (κ3) is 4.52. The molecule has 3 aromatic rings. The number of aromatic nitrogens is 1. The Morgan fingerprint density at radius 2 is 1.77 bits per heavy atom. The number of hydrogen-bond donors (Lipinski definition) is 2. The van der Waals surface area contributed by atoms with Crippen molar-refractivity contribution in [3.05, 3.63) is 78.1 Å². The first kappa shape index (κ1) is 19.7. The lowest BCUT2D eigenvalue weighted by Gasteiger charge is -2.19. The zero-order valence-electron chi connectivity index (χ0n) is 15.9. The highest BCUT2D eigenvalue weighted by molar-refractivity contribution is 7.92. The van der Waals surface area contributed by atoms with Crippen molar-refractivity contribution in [1.82, 2.24) is 10.3 Å². The summed E-state index contributed by atoms with van der Waals surface area (Å²) in [5.41, 5.74) is 1.64. The fourth-order valence-electron chi connectivity index (χ4n) is 2.88. The smallest absolute Gasteiger partial charge is 0.262 e. The van der Waals surface area contributed by atoms with Crippen molar-refractivity contribution in [2.24, 2.45) is 0 Å². The van der Waals surface area contributed by atoms with Gasteiger partial charge in [0.15, 0.2) is 11.5 Å². The second-order valence-electron chi connectivity index (χ2n) is 6.53. The molecule has 0 aliphatic carbocycles. The summed E-state index contributed by atoms with van der Waals surface area (Å²) >= 11 is 0. The Morgan fingerprint density at radius 3 is 2.50 bits per heavy atom. The van der Waals surface area contributed by atoms with Crippen molar-refractivity contribution in [3.63, 3.8) is 0 Å². The number of carbonyl (C=O) groups is 1. The van der Waals surface area contributed by atoms with Gasteiger partial charge in [-0.15, -0.1) is 0 Å². The molecule has 0 saturated carbocycles. The van der Waals surface area contributed by atoms with Crippen LogP contribution >= 0.6 is 0 Å². The van der Waals surface area contributed by atoms with Crippen molar-refractivity contribution < 1.29 is 22.7 Å². The van der Waals surface area contributed by atoms with E-state index in [1.807, 2.05) is 6.07 Å². The lowest BCUT2D eigenvalue weighted by molar-refractivity contribution is 0.0951. The third-order valence-corrected chi connectivity index (χ3v) is 5.78. The fraction of sp³-hybridized carbons (Fsp3) is 0.143. The third-order valence-electron chi connectivity index (χ3n) is 4.40. The van der Waals surface area contributed by atoms with Crippen LogP contribution in [0.15, 0.2) is 71.9 Å². The van der Waals surface area contributed by atoms with Crippen LogP contribution in [-0.2, 0) is 16.6 Å². The number of hydrogen-bond acceptors (Lipinski definition) is 6. The van der Waals surface area contributed by atoms with Gasteiger partial charge in [-0.3, -0.25) is 14.5 Å². The number of amides is 1. The minimum Gasteiger partial charge on any atom is -0.486 e. The second kappa shape index (κ2) is 8.42. The molecule has 0 atom stereocenters. The molecular weight excluding hydrogens is 406 g/mol. The Hall–Kier alpha value is -3.59. The van der Waals surface area contributed by atoms with Gasteiger partial charge in [0.05, 0.1) is 4.90 Å². The predicted molar refractivity (Wildman–Crippen MR) is 110 cm³/mol. The second-order valence-corrected chi connectivity index (χ2v) is 8.21. The number of sulfonamides is 1. The number of nitrogens with one attached hydrogen (secondary N) is 2. The van der Waals surface area contributed by atoms with Crippen molar-refractivity contribution in [2.75, 3.05) is 17.9 Å². The van der Waals surface area contributed by atoms with Gasteiger partial charge in [0.25, 0.3) is 15.9 Å². The van der Waals surface area contributed by atoms with Crippen LogP contribution in [0, 0.1) is 0 Å². The lowest BCUT2D eigenvalue weighted by Crippen LogP contribution is -2.22. The highest BCUT2D eigenvalue weighted by Crippen LogP contribution is 2.32. The van der Waals surface area contributed by atoms with E-state index in [1.165, 1.54) is 24.3 Å². The van der Waals surface area contributed by atoms with Gasteiger partial charge < -0.3 is 14.8 Å². The summed E-state index contributed by atoms with van der Waals surface area (Å²) in [6.45, 7) is 1.15. The molecule has 154 valence electrons.